The van der Waals surface area contributed by atoms with Crippen LogP contribution >= 0.6 is 38.9 Å². The lowest BCUT2D eigenvalue weighted by molar-refractivity contribution is -0.137. The number of rotatable bonds is 2. The van der Waals surface area contributed by atoms with Crippen molar-refractivity contribution in [3.05, 3.63) is 54.9 Å². The number of alkyl halides is 3. The van der Waals surface area contributed by atoms with Crippen LogP contribution < -0.4 is 0 Å². The van der Waals surface area contributed by atoms with Crippen molar-refractivity contribution in [3.8, 4) is 0 Å². The van der Waals surface area contributed by atoms with E-state index in [1.807, 2.05) is 0 Å². The van der Waals surface area contributed by atoms with Crippen molar-refractivity contribution < 1.29 is 22.7 Å². The van der Waals surface area contributed by atoms with Crippen molar-refractivity contribution in [2.45, 2.75) is 12.3 Å². The number of hydrogen-bond donors (Lipinski definition) is 1. The molecule has 0 saturated carbocycles. The van der Waals surface area contributed by atoms with Gasteiger partial charge in [0.2, 0.25) is 0 Å². The predicted molar refractivity (Wildman–Crippen MR) is 72.5 cm³/mol. The summed E-state index contributed by atoms with van der Waals surface area (Å²) in [6, 6.07) is 3.29. The van der Waals surface area contributed by atoms with E-state index in [9.17, 15) is 22.7 Å². The fraction of sp³-hybridized carbons (Fsp3) is 0.167. The summed E-state index contributed by atoms with van der Waals surface area (Å²) >= 11 is 9.93. The summed E-state index contributed by atoms with van der Waals surface area (Å²) in [5.41, 5.74) is -1.46. The molecule has 0 aliphatic heterocycles. The number of aliphatic hydroxyl groups excluding tert-OH is 1. The van der Waals surface area contributed by atoms with Crippen LogP contribution in [-0.4, -0.2) is 5.11 Å². The highest BCUT2D eigenvalue weighted by molar-refractivity contribution is 9.11. The van der Waals surface area contributed by atoms with Crippen LogP contribution in [0.15, 0.2) is 28.1 Å². The molecule has 1 N–H and O–H groups in total. The van der Waals surface area contributed by atoms with E-state index in [0.717, 1.165) is 11.3 Å². The summed E-state index contributed by atoms with van der Waals surface area (Å²) in [6.45, 7) is 0. The summed E-state index contributed by atoms with van der Waals surface area (Å²) < 4.78 is 52.0. The molecule has 0 spiro atoms. The number of halogens is 6. The molecule has 0 bridgehead atoms. The summed E-state index contributed by atoms with van der Waals surface area (Å²) in [7, 11) is 0. The third-order valence-electron chi connectivity index (χ3n) is 2.55. The molecule has 0 saturated heterocycles. The molecule has 1 nitrogen and oxygen atoms in total. The van der Waals surface area contributed by atoms with Gasteiger partial charge in [0.05, 0.1) is 14.4 Å². The van der Waals surface area contributed by atoms with Gasteiger partial charge in [-0.15, -0.1) is 11.3 Å². The van der Waals surface area contributed by atoms with Crippen molar-refractivity contribution in [1.29, 1.82) is 0 Å². The quantitative estimate of drug-likeness (QED) is 0.682. The van der Waals surface area contributed by atoms with E-state index in [2.05, 4.69) is 15.9 Å². The van der Waals surface area contributed by atoms with Gasteiger partial charge in [-0.1, -0.05) is 11.6 Å². The van der Waals surface area contributed by atoms with Crippen LogP contribution in [0.3, 0.4) is 0 Å². The van der Waals surface area contributed by atoms with E-state index in [0.29, 0.717) is 27.0 Å². The zero-order valence-electron chi connectivity index (χ0n) is 9.51. The Morgan fingerprint density at radius 3 is 2.40 bits per heavy atom. The Hall–Kier alpha value is -0.630. The van der Waals surface area contributed by atoms with Crippen molar-refractivity contribution >= 4 is 38.9 Å². The summed E-state index contributed by atoms with van der Waals surface area (Å²) in [6.07, 6.45) is -6.11. The van der Waals surface area contributed by atoms with Crippen LogP contribution in [0.2, 0.25) is 5.02 Å². The van der Waals surface area contributed by atoms with E-state index >= 15 is 0 Å². The van der Waals surface area contributed by atoms with E-state index in [1.54, 1.807) is 0 Å². The number of hydrogen-bond acceptors (Lipinski definition) is 2. The fourth-order valence-electron chi connectivity index (χ4n) is 1.58. The normalized spacial score (nSPS) is 13.6. The summed E-state index contributed by atoms with van der Waals surface area (Å²) in [4.78, 5) is 0.250. The monoisotopic (exact) mass is 388 g/mol. The van der Waals surface area contributed by atoms with Gasteiger partial charge in [0.1, 0.15) is 11.9 Å². The Balaban J connectivity index is 2.46. The largest absolute Gasteiger partial charge is 0.416 e. The first-order valence-electron chi connectivity index (χ1n) is 5.19. The van der Waals surface area contributed by atoms with Gasteiger partial charge in [-0.05, 0) is 40.2 Å². The minimum atomic E-state index is -4.60. The van der Waals surface area contributed by atoms with Crippen LogP contribution in [0.25, 0.3) is 0 Å². The van der Waals surface area contributed by atoms with Crippen LogP contribution in [-0.2, 0) is 6.18 Å². The molecule has 2 rings (SSSR count). The smallest absolute Gasteiger partial charge is 0.383 e. The molecule has 1 atom stereocenters. The van der Waals surface area contributed by atoms with Gasteiger partial charge in [-0.25, -0.2) is 4.39 Å². The molecule has 0 amide bonds. The molecule has 0 radical (unpaired) electrons. The second kappa shape index (κ2) is 5.63. The SMILES string of the molecule is OC(c1cc(Cl)c(Br)s1)c1cc(C(F)(F)F)ccc1F. The molecular formula is C12H6BrClF4OS. The lowest BCUT2D eigenvalue weighted by Crippen LogP contribution is -2.08. The number of benzene rings is 1. The zero-order valence-corrected chi connectivity index (χ0v) is 12.7. The molecule has 108 valence electrons. The standard InChI is InChI=1S/C12H6BrClF4OS/c13-11-7(14)4-9(20-11)10(19)6-3-5(12(16,17)18)1-2-8(6)15/h1-4,10,19H. The molecule has 8 heteroatoms. The van der Waals surface area contributed by atoms with Gasteiger partial charge >= 0.3 is 6.18 Å². The molecule has 1 aromatic heterocycles. The highest BCUT2D eigenvalue weighted by Crippen LogP contribution is 2.39. The minimum Gasteiger partial charge on any atom is -0.383 e. The lowest BCUT2D eigenvalue weighted by atomic mass is 10.0. The molecule has 1 aromatic carbocycles. The van der Waals surface area contributed by atoms with E-state index in [4.69, 9.17) is 11.6 Å². The van der Waals surface area contributed by atoms with Crippen molar-refractivity contribution in [1.82, 2.24) is 0 Å². The van der Waals surface area contributed by atoms with Gasteiger partial charge in [0, 0.05) is 10.4 Å². The maximum atomic E-state index is 13.6. The van der Waals surface area contributed by atoms with Crippen LogP contribution in [0.5, 0.6) is 0 Å². The third-order valence-corrected chi connectivity index (χ3v) is 5.08. The lowest BCUT2D eigenvalue weighted by Gasteiger charge is -2.13. The van der Waals surface area contributed by atoms with Gasteiger partial charge in [-0.3, -0.25) is 0 Å². The van der Waals surface area contributed by atoms with E-state index < -0.39 is 29.2 Å². The Labute approximate surface area is 128 Å². The molecule has 1 heterocycles. The van der Waals surface area contributed by atoms with Crippen molar-refractivity contribution in [2.75, 3.05) is 0 Å². The van der Waals surface area contributed by atoms with Gasteiger partial charge in [-0.2, -0.15) is 13.2 Å². The first-order valence-corrected chi connectivity index (χ1v) is 7.18. The third kappa shape index (κ3) is 3.16. The average Bonchev–Trinajstić information content (AvgIpc) is 2.68. The first kappa shape index (κ1) is 15.8. The van der Waals surface area contributed by atoms with Crippen LogP contribution in [0.4, 0.5) is 17.6 Å². The molecular weight excluding hydrogens is 384 g/mol. The Bertz CT molecular complexity index is 621. The summed E-state index contributed by atoms with van der Waals surface area (Å²) in [5, 5.41) is 10.3. The second-order valence-electron chi connectivity index (χ2n) is 3.91. The average molecular weight is 390 g/mol. The topological polar surface area (TPSA) is 20.2 Å². The minimum absolute atomic E-state index is 0.250. The molecule has 2 aromatic rings. The Morgan fingerprint density at radius 1 is 1.25 bits per heavy atom. The highest BCUT2D eigenvalue weighted by atomic mass is 79.9. The van der Waals surface area contributed by atoms with Gasteiger partial charge in [0.15, 0.2) is 0 Å². The second-order valence-corrected chi connectivity index (χ2v) is 6.72. The van der Waals surface area contributed by atoms with Crippen LogP contribution in [0, 0.1) is 5.82 Å². The number of thiophene rings is 1. The fourth-order valence-corrected chi connectivity index (χ4v) is 3.33. The molecule has 0 fully saturated rings. The Morgan fingerprint density at radius 2 is 1.90 bits per heavy atom. The molecule has 1 unspecified atom stereocenters. The van der Waals surface area contributed by atoms with Gasteiger partial charge in [0.25, 0.3) is 0 Å². The molecule has 0 aliphatic carbocycles. The molecule has 0 aliphatic rings. The van der Waals surface area contributed by atoms with Crippen molar-refractivity contribution in [3.63, 3.8) is 0 Å². The van der Waals surface area contributed by atoms with E-state index in [-0.39, 0.29) is 4.88 Å². The highest BCUT2D eigenvalue weighted by Gasteiger charge is 2.32. The summed E-state index contributed by atoms with van der Waals surface area (Å²) in [5.74, 6) is -0.911. The molecule has 20 heavy (non-hydrogen) atoms. The zero-order chi connectivity index (χ0) is 15.1. The predicted octanol–water partition coefficient (Wildman–Crippen LogP) is 5.40. The maximum Gasteiger partial charge on any atom is 0.416 e. The first-order chi connectivity index (χ1) is 9.20. The Kier molecular flexibility index (Phi) is 4.44. The van der Waals surface area contributed by atoms with Crippen molar-refractivity contribution in [2.24, 2.45) is 0 Å². The van der Waals surface area contributed by atoms with Gasteiger partial charge < -0.3 is 5.11 Å². The van der Waals surface area contributed by atoms with E-state index in [1.165, 1.54) is 6.07 Å². The number of aliphatic hydroxyl groups is 1. The van der Waals surface area contributed by atoms with Crippen LogP contribution in [0.1, 0.15) is 22.1 Å². The maximum absolute atomic E-state index is 13.6.